The predicted molar refractivity (Wildman–Crippen MR) is 122 cm³/mol. The molecule has 0 atom stereocenters. The van der Waals surface area contributed by atoms with Crippen LogP contribution in [0.3, 0.4) is 0 Å². The number of nitrogens with zero attached hydrogens (tertiary/aromatic N) is 2. The maximum absolute atomic E-state index is 5.03. The first kappa shape index (κ1) is 22.7. The number of aromatic nitrogens is 2. The smallest absolute Gasteiger partial charge is 0.108 e. The average Bonchev–Trinajstić information content (AvgIpc) is 3.10. The molecule has 2 nitrogen and oxygen atoms in total. The largest absolute Gasteiger partial charge is 0.335 e. The number of benzene rings is 1. The zero-order valence-electron chi connectivity index (χ0n) is 18.5. The number of aryl methyl sites for hydroxylation is 4. The van der Waals surface area contributed by atoms with Crippen molar-refractivity contribution in [3.8, 4) is 0 Å². The van der Waals surface area contributed by atoms with E-state index in [1.165, 1.54) is 87.7 Å². The van der Waals surface area contributed by atoms with Gasteiger partial charge < -0.3 is 4.57 Å². The van der Waals surface area contributed by atoms with Gasteiger partial charge in [0.05, 0.1) is 5.69 Å². The number of imidazole rings is 1. The molecule has 0 amide bonds. The summed E-state index contributed by atoms with van der Waals surface area (Å²) in [5.74, 6) is 1.33. The van der Waals surface area contributed by atoms with Crippen LogP contribution in [0.2, 0.25) is 0 Å². The Labute approximate surface area is 173 Å². The third kappa shape index (κ3) is 9.08. The molecule has 0 N–H and O–H groups in total. The summed E-state index contributed by atoms with van der Waals surface area (Å²) in [6.45, 7) is 5.72. The van der Waals surface area contributed by atoms with Crippen LogP contribution in [0.1, 0.15) is 102 Å². The molecule has 1 aromatic carbocycles. The zero-order chi connectivity index (χ0) is 19.9. The van der Waals surface area contributed by atoms with Gasteiger partial charge in [-0.05, 0) is 37.7 Å². The molecule has 0 radical (unpaired) electrons. The molecular weight excluding hydrogens is 340 g/mol. The summed E-state index contributed by atoms with van der Waals surface area (Å²) in [6.07, 6.45) is 20.4. The molecule has 0 spiro atoms. The molecule has 2 rings (SSSR count). The highest BCUT2D eigenvalue weighted by Gasteiger charge is 2.08. The van der Waals surface area contributed by atoms with E-state index in [2.05, 4.69) is 54.9 Å². The third-order valence-corrected chi connectivity index (χ3v) is 5.66. The highest BCUT2D eigenvalue weighted by molar-refractivity contribution is 5.15. The second kappa shape index (κ2) is 14.4. The van der Waals surface area contributed by atoms with E-state index >= 15 is 0 Å². The summed E-state index contributed by atoms with van der Waals surface area (Å²) >= 11 is 0. The van der Waals surface area contributed by atoms with Gasteiger partial charge in [-0.25, -0.2) is 4.98 Å². The summed E-state index contributed by atoms with van der Waals surface area (Å²) in [5.41, 5.74) is 2.74. The van der Waals surface area contributed by atoms with Crippen LogP contribution >= 0.6 is 0 Å². The molecule has 0 aliphatic rings. The summed E-state index contributed by atoms with van der Waals surface area (Å²) in [6, 6.07) is 10.8. The minimum Gasteiger partial charge on any atom is -0.335 e. The van der Waals surface area contributed by atoms with E-state index in [-0.39, 0.29) is 0 Å². The van der Waals surface area contributed by atoms with Crippen LogP contribution in [0.15, 0.2) is 36.5 Å². The van der Waals surface area contributed by atoms with Crippen LogP contribution < -0.4 is 0 Å². The van der Waals surface area contributed by atoms with Gasteiger partial charge in [0, 0.05) is 19.2 Å². The van der Waals surface area contributed by atoms with E-state index in [0.29, 0.717) is 0 Å². The quantitative estimate of drug-likeness (QED) is 0.274. The number of unbranched alkanes of at least 4 members (excludes halogenated alkanes) is 8. The van der Waals surface area contributed by atoms with Crippen LogP contribution in [-0.4, -0.2) is 9.55 Å². The van der Waals surface area contributed by atoms with Crippen LogP contribution in [0.5, 0.6) is 0 Å². The van der Waals surface area contributed by atoms with E-state index < -0.39 is 0 Å². The van der Waals surface area contributed by atoms with Crippen molar-refractivity contribution in [2.75, 3.05) is 0 Å². The molecule has 0 saturated heterocycles. The first-order valence-corrected chi connectivity index (χ1v) is 11.9. The Morgan fingerprint density at radius 3 is 2.11 bits per heavy atom. The Bertz CT molecular complexity index is 615. The average molecular weight is 383 g/mol. The van der Waals surface area contributed by atoms with Crippen molar-refractivity contribution in [3.63, 3.8) is 0 Å². The van der Waals surface area contributed by atoms with Gasteiger partial charge in [0.2, 0.25) is 0 Å². The van der Waals surface area contributed by atoms with Crippen molar-refractivity contribution in [2.24, 2.45) is 0 Å². The normalized spacial score (nSPS) is 11.2. The lowest BCUT2D eigenvalue weighted by atomic mass is 10.1. The van der Waals surface area contributed by atoms with Gasteiger partial charge in [0.15, 0.2) is 0 Å². The highest BCUT2D eigenvalue weighted by Crippen LogP contribution is 2.14. The van der Waals surface area contributed by atoms with Gasteiger partial charge >= 0.3 is 0 Å². The lowest BCUT2D eigenvalue weighted by Gasteiger charge is -2.07. The van der Waals surface area contributed by atoms with Gasteiger partial charge in [-0.15, -0.1) is 0 Å². The molecule has 156 valence electrons. The topological polar surface area (TPSA) is 17.8 Å². The molecule has 1 aromatic heterocycles. The van der Waals surface area contributed by atoms with Crippen LogP contribution in [0, 0.1) is 0 Å². The Morgan fingerprint density at radius 1 is 0.679 bits per heavy atom. The summed E-state index contributed by atoms with van der Waals surface area (Å²) in [5, 5.41) is 0. The SMILES string of the molecule is CCCCCCCCn1cc(CCCc2ccccc2)nc1CCCCCC. The number of hydrogen-bond acceptors (Lipinski definition) is 1. The first-order valence-electron chi connectivity index (χ1n) is 11.9. The van der Waals surface area contributed by atoms with Crippen molar-refractivity contribution in [2.45, 2.75) is 110 Å². The van der Waals surface area contributed by atoms with Crippen LogP contribution in [0.25, 0.3) is 0 Å². The molecule has 0 fully saturated rings. The number of rotatable bonds is 16. The van der Waals surface area contributed by atoms with E-state index in [0.717, 1.165) is 25.8 Å². The second-order valence-corrected chi connectivity index (χ2v) is 8.26. The molecular formula is C26H42N2. The van der Waals surface area contributed by atoms with Gasteiger partial charge in [0.1, 0.15) is 5.82 Å². The summed E-state index contributed by atoms with van der Waals surface area (Å²) < 4.78 is 2.48. The minimum atomic E-state index is 1.10. The summed E-state index contributed by atoms with van der Waals surface area (Å²) in [7, 11) is 0. The lowest BCUT2D eigenvalue weighted by Crippen LogP contribution is -2.03. The maximum Gasteiger partial charge on any atom is 0.108 e. The maximum atomic E-state index is 5.03. The molecule has 28 heavy (non-hydrogen) atoms. The Balaban J connectivity index is 1.82. The van der Waals surface area contributed by atoms with Crippen molar-refractivity contribution >= 4 is 0 Å². The molecule has 0 saturated carbocycles. The molecule has 0 bridgehead atoms. The molecule has 0 aliphatic heterocycles. The van der Waals surface area contributed by atoms with Gasteiger partial charge in [-0.1, -0.05) is 95.5 Å². The van der Waals surface area contributed by atoms with Crippen molar-refractivity contribution in [1.82, 2.24) is 9.55 Å². The predicted octanol–water partition coefficient (Wildman–Crippen LogP) is 7.54. The molecule has 0 aliphatic carbocycles. The number of hydrogen-bond donors (Lipinski definition) is 0. The van der Waals surface area contributed by atoms with Crippen LogP contribution in [0.4, 0.5) is 0 Å². The van der Waals surface area contributed by atoms with E-state index in [1.54, 1.807) is 0 Å². The van der Waals surface area contributed by atoms with E-state index in [9.17, 15) is 0 Å². The Hall–Kier alpha value is -1.57. The zero-order valence-corrected chi connectivity index (χ0v) is 18.5. The third-order valence-electron chi connectivity index (χ3n) is 5.66. The van der Waals surface area contributed by atoms with Gasteiger partial charge in [-0.3, -0.25) is 0 Å². The van der Waals surface area contributed by atoms with Gasteiger partial charge in [0.25, 0.3) is 0 Å². The van der Waals surface area contributed by atoms with Crippen molar-refractivity contribution in [1.29, 1.82) is 0 Å². The Kier molecular flexibility index (Phi) is 11.7. The van der Waals surface area contributed by atoms with Crippen LogP contribution in [-0.2, 0) is 25.8 Å². The standard InChI is InChI=1S/C26H42N2/c1-3-5-7-9-10-15-22-28-23-25(27-26(28)21-14-8-6-4-2)20-16-19-24-17-12-11-13-18-24/h11-13,17-18,23H,3-10,14-16,19-22H2,1-2H3. The molecule has 2 aromatic rings. The van der Waals surface area contributed by atoms with E-state index in [1.807, 2.05) is 0 Å². The molecule has 1 heterocycles. The van der Waals surface area contributed by atoms with Crippen molar-refractivity contribution < 1.29 is 0 Å². The summed E-state index contributed by atoms with van der Waals surface area (Å²) in [4.78, 5) is 5.03. The van der Waals surface area contributed by atoms with E-state index in [4.69, 9.17) is 4.98 Å². The van der Waals surface area contributed by atoms with Crippen molar-refractivity contribution in [3.05, 3.63) is 53.6 Å². The Morgan fingerprint density at radius 2 is 1.36 bits per heavy atom. The fourth-order valence-electron chi connectivity index (χ4n) is 3.92. The lowest BCUT2D eigenvalue weighted by molar-refractivity contribution is 0.538. The second-order valence-electron chi connectivity index (χ2n) is 8.26. The fraction of sp³-hybridized carbons (Fsp3) is 0.654. The molecule has 2 heteroatoms. The monoisotopic (exact) mass is 382 g/mol. The molecule has 0 unspecified atom stereocenters. The van der Waals surface area contributed by atoms with Gasteiger partial charge in [-0.2, -0.15) is 0 Å². The minimum absolute atomic E-state index is 1.10. The fourth-order valence-corrected chi connectivity index (χ4v) is 3.92. The highest BCUT2D eigenvalue weighted by atomic mass is 15.1. The first-order chi connectivity index (χ1) is 13.8.